The van der Waals surface area contributed by atoms with Crippen molar-refractivity contribution in [1.29, 1.82) is 0 Å². The first-order valence-corrected chi connectivity index (χ1v) is 9.47. The van der Waals surface area contributed by atoms with E-state index in [0.717, 1.165) is 83.5 Å². The Bertz CT molecular complexity index is 470. The fourth-order valence-electron chi connectivity index (χ4n) is 2.96. The number of hydrogen-bond acceptors (Lipinski definition) is 4. The predicted molar refractivity (Wildman–Crippen MR) is 100.0 cm³/mol. The molecule has 0 radical (unpaired) electrons. The summed E-state index contributed by atoms with van der Waals surface area (Å²) in [6.45, 7) is 7.92. The van der Waals surface area contributed by atoms with Gasteiger partial charge in [-0.2, -0.15) is 0 Å². The van der Waals surface area contributed by atoms with Crippen LogP contribution in [0.2, 0.25) is 0 Å². The average molecular weight is 351 g/mol. The van der Waals surface area contributed by atoms with E-state index in [2.05, 4.69) is 17.3 Å². The molecule has 1 aliphatic rings. The number of hydrogen-bond donors (Lipinski definition) is 1. The molecule has 0 spiro atoms. The van der Waals surface area contributed by atoms with Crippen LogP contribution in [0.5, 0.6) is 0 Å². The SMILES string of the molecule is CCOCCCN=C(NCCc1ccco1)N(C)CC1CCOCC1. The van der Waals surface area contributed by atoms with Crippen molar-refractivity contribution in [1.82, 2.24) is 10.2 Å². The molecule has 25 heavy (non-hydrogen) atoms. The molecule has 142 valence electrons. The Morgan fingerprint density at radius 3 is 2.96 bits per heavy atom. The highest BCUT2D eigenvalue weighted by Crippen LogP contribution is 2.15. The topological polar surface area (TPSA) is 59.2 Å². The zero-order chi connectivity index (χ0) is 17.7. The highest BCUT2D eigenvalue weighted by Gasteiger charge is 2.17. The Kier molecular flexibility index (Phi) is 9.44. The normalized spacial score (nSPS) is 16.2. The van der Waals surface area contributed by atoms with Gasteiger partial charge in [0.25, 0.3) is 0 Å². The predicted octanol–water partition coefficient (Wildman–Crippen LogP) is 2.55. The molecule has 1 fully saturated rings. The average Bonchev–Trinajstić information content (AvgIpc) is 3.14. The number of nitrogens with zero attached hydrogens (tertiary/aromatic N) is 2. The maximum absolute atomic E-state index is 5.46. The van der Waals surface area contributed by atoms with Crippen molar-refractivity contribution in [2.24, 2.45) is 10.9 Å². The fraction of sp³-hybridized carbons (Fsp3) is 0.737. The van der Waals surface area contributed by atoms with Gasteiger partial charge >= 0.3 is 0 Å². The maximum atomic E-state index is 5.46. The highest BCUT2D eigenvalue weighted by molar-refractivity contribution is 5.79. The summed E-state index contributed by atoms with van der Waals surface area (Å²) in [5.74, 6) is 2.64. The lowest BCUT2D eigenvalue weighted by molar-refractivity contribution is 0.0610. The van der Waals surface area contributed by atoms with E-state index in [1.165, 1.54) is 0 Å². The molecule has 6 heteroatoms. The molecule has 1 aromatic rings. The van der Waals surface area contributed by atoms with E-state index in [-0.39, 0.29) is 0 Å². The summed E-state index contributed by atoms with van der Waals surface area (Å²) in [5, 5.41) is 3.48. The molecular formula is C19H33N3O3. The van der Waals surface area contributed by atoms with Crippen LogP contribution in [0.4, 0.5) is 0 Å². The molecule has 1 aliphatic heterocycles. The fourth-order valence-corrected chi connectivity index (χ4v) is 2.96. The van der Waals surface area contributed by atoms with Crippen molar-refractivity contribution in [3.63, 3.8) is 0 Å². The molecule has 2 heterocycles. The van der Waals surface area contributed by atoms with Gasteiger partial charge in [-0.05, 0) is 44.2 Å². The number of nitrogens with one attached hydrogen (secondary N) is 1. The van der Waals surface area contributed by atoms with Gasteiger partial charge in [0, 0.05) is 59.5 Å². The van der Waals surface area contributed by atoms with E-state index in [1.54, 1.807) is 6.26 Å². The number of aliphatic imine (C=N–C) groups is 1. The van der Waals surface area contributed by atoms with Gasteiger partial charge in [0.2, 0.25) is 0 Å². The minimum Gasteiger partial charge on any atom is -0.469 e. The number of rotatable bonds is 10. The molecule has 1 saturated heterocycles. The van der Waals surface area contributed by atoms with Crippen LogP contribution in [0.15, 0.2) is 27.8 Å². The standard InChI is InChI=1S/C19H33N3O3/c1-3-23-12-5-10-20-19(21-11-7-18-6-4-13-25-18)22(2)16-17-8-14-24-15-9-17/h4,6,13,17H,3,5,7-12,14-16H2,1-2H3,(H,20,21). The quantitative estimate of drug-likeness (QED) is 0.399. The van der Waals surface area contributed by atoms with E-state index in [1.807, 2.05) is 19.1 Å². The Hall–Kier alpha value is -1.53. The van der Waals surface area contributed by atoms with Crippen LogP contribution in [0, 0.1) is 5.92 Å². The van der Waals surface area contributed by atoms with Gasteiger partial charge in [-0.3, -0.25) is 4.99 Å². The summed E-state index contributed by atoms with van der Waals surface area (Å²) >= 11 is 0. The van der Waals surface area contributed by atoms with Gasteiger partial charge in [-0.25, -0.2) is 0 Å². The van der Waals surface area contributed by atoms with Gasteiger partial charge in [0.15, 0.2) is 5.96 Å². The molecule has 0 bridgehead atoms. The number of furan rings is 1. The van der Waals surface area contributed by atoms with E-state index in [0.29, 0.717) is 5.92 Å². The van der Waals surface area contributed by atoms with Gasteiger partial charge in [-0.15, -0.1) is 0 Å². The van der Waals surface area contributed by atoms with Crippen molar-refractivity contribution in [2.45, 2.75) is 32.6 Å². The van der Waals surface area contributed by atoms with Gasteiger partial charge in [0.1, 0.15) is 5.76 Å². The Morgan fingerprint density at radius 2 is 2.24 bits per heavy atom. The molecule has 0 atom stereocenters. The molecule has 0 amide bonds. The first-order valence-electron chi connectivity index (χ1n) is 9.47. The summed E-state index contributed by atoms with van der Waals surface area (Å²) < 4.78 is 16.3. The first kappa shape index (κ1) is 19.8. The lowest BCUT2D eigenvalue weighted by Crippen LogP contribution is -2.43. The van der Waals surface area contributed by atoms with Crippen molar-refractivity contribution in [2.75, 3.05) is 53.1 Å². The van der Waals surface area contributed by atoms with Crippen molar-refractivity contribution in [3.05, 3.63) is 24.2 Å². The van der Waals surface area contributed by atoms with Crippen LogP contribution in [-0.2, 0) is 15.9 Å². The largest absolute Gasteiger partial charge is 0.469 e. The van der Waals surface area contributed by atoms with E-state index in [4.69, 9.17) is 18.9 Å². The molecule has 0 unspecified atom stereocenters. The van der Waals surface area contributed by atoms with Crippen LogP contribution in [0.1, 0.15) is 31.9 Å². The zero-order valence-corrected chi connectivity index (χ0v) is 15.7. The van der Waals surface area contributed by atoms with E-state index < -0.39 is 0 Å². The van der Waals surface area contributed by atoms with Gasteiger partial charge < -0.3 is 24.1 Å². The summed E-state index contributed by atoms with van der Waals surface area (Å²) in [6.07, 6.45) is 5.79. The molecule has 0 aliphatic carbocycles. The number of guanidine groups is 1. The van der Waals surface area contributed by atoms with Crippen LogP contribution < -0.4 is 5.32 Å². The molecule has 0 aromatic carbocycles. The van der Waals surface area contributed by atoms with Crippen LogP contribution in [-0.4, -0.2) is 64.0 Å². The third-order valence-corrected chi connectivity index (χ3v) is 4.38. The Labute approximate surface area is 151 Å². The molecular weight excluding hydrogens is 318 g/mol. The Balaban J connectivity index is 1.81. The molecule has 1 N–H and O–H groups in total. The smallest absolute Gasteiger partial charge is 0.193 e. The second kappa shape index (κ2) is 11.9. The van der Waals surface area contributed by atoms with Gasteiger partial charge in [-0.1, -0.05) is 0 Å². The third kappa shape index (κ3) is 7.92. The molecule has 1 aromatic heterocycles. The molecule has 0 saturated carbocycles. The lowest BCUT2D eigenvalue weighted by atomic mass is 10.00. The summed E-state index contributed by atoms with van der Waals surface area (Å²) in [4.78, 5) is 7.02. The monoisotopic (exact) mass is 351 g/mol. The highest BCUT2D eigenvalue weighted by atomic mass is 16.5. The third-order valence-electron chi connectivity index (χ3n) is 4.38. The second-order valence-corrected chi connectivity index (χ2v) is 6.45. The summed E-state index contributed by atoms with van der Waals surface area (Å²) in [5.41, 5.74) is 0. The minimum absolute atomic E-state index is 0.680. The van der Waals surface area contributed by atoms with Crippen LogP contribution >= 0.6 is 0 Å². The second-order valence-electron chi connectivity index (χ2n) is 6.45. The molecule has 6 nitrogen and oxygen atoms in total. The zero-order valence-electron chi connectivity index (χ0n) is 15.7. The number of ether oxygens (including phenoxy) is 2. The summed E-state index contributed by atoms with van der Waals surface area (Å²) in [7, 11) is 2.12. The van der Waals surface area contributed by atoms with Crippen LogP contribution in [0.25, 0.3) is 0 Å². The van der Waals surface area contributed by atoms with E-state index >= 15 is 0 Å². The van der Waals surface area contributed by atoms with Gasteiger partial charge in [0.05, 0.1) is 6.26 Å². The minimum atomic E-state index is 0.680. The Morgan fingerprint density at radius 1 is 1.40 bits per heavy atom. The first-order chi connectivity index (χ1) is 12.3. The van der Waals surface area contributed by atoms with Crippen molar-refractivity contribution >= 4 is 5.96 Å². The summed E-state index contributed by atoms with van der Waals surface area (Å²) in [6, 6.07) is 3.93. The van der Waals surface area contributed by atoms with Crippen molar-refractivity contribution in [3.8, 4) is 0 Å². The van der Waals surface area contributed by atoms with E-state index in [9.17, 15) is 0 Å². The van der Waals surface area contributed by atoms with Crippen molar-refractivity contribution < 1.29 is 13.9 Å². The molecule has 2 rings (SSSR count). The lowest BCUT2D eigenvalue weighted by Gasteiger charge is -2.29. The maximum Gasteiger partial charge on any atom is 0.193 e. The van der Waals surface area contributed by atoms with Crippen LogP contribution in [0.3, 0.4) is 0 Å².